The summed E-state index contributed by atoms with van der Waals surface area (Å²) in [7, 11) is 5.08. The van der Waals surface area contributed by atoms with E-state index in [0.717, 1.165) is 5.56 Å². The molecule has 1 amide bonds. The number of nitrogens with zero attached hydrogens (tertiary/aromatic N) is 3. The van der Waals surface area contributed by atoms with E-state index in [1.807, 2.05) is 30.3 Å². The number of pyridine rings is 1. The Morgan fingerprint density at radius 1 is 1.24 bits per heavy atom. The predicted molar refractivity (Wildman–Crippen MR) is 109 cm³/mol. The molecule has 1 aromatic carbocycles. The summed E-state index contributed by atoms with van der Waals surface area (Å²) in [4.78, 5) is 26.4. The zero-order valence-electron chi connectivity index (χ0n) is 16.4. The van der Waals surface area contributed by atoms with Gasteiger partial charge in [-0.05, 0) is 21.5 Å². The molecule has 1 unspecified atom stereocenters. The van der Waals surface area contributed by atoms with Crippen molar-refractivity contribution in [2.24, 2.45) is 0 Å². The van der Waals surface area contributed by atoms with Crippen LogP contribution in [-0.2, 0) is 21.6 Å². The fourth-order valence-electron chi connectivity index (χ4n) is 3.84. The summed E-state index contributed by atoms with van der Waals surface area (Å²) in [6.07, 6.45) is 1.05. The van der Waals surface area contributed by atoms with Gasteiger partial charge in [-0.3, -0.25) is 9.59 Å². The van der Waals surface area contributed by atoms with E-state index in [4.69, 9.17) is 14.2 Å². The first-order valence-corrected chi connectivity index (χ1v) is 9.93. The standard InChI is InChI=1S/C20H22BrN3O5/c1-22(2)24-18(26)15-17(29-10-13-7-5-4-6-8-13)16(25)14(21)9-23(15)20(11-28-12-20)19(24)27-3/h4-9,19H,10-12H2,1-3H3. The summed E-state index contributed by atoms with van der Waals surface area (Å²) in [5, 5.41) is 3.16. The second-order valence-corrected chi connectivity index (χ2v) is 8.16. The Kier molecular flexibility index (Phi) is 5.24. The second kappa shape index (κ2) is 7.56. The first-order chi connectivity index (χ1) is 13.9. The highest BCUT2D eigenvalue weighted by molar-refractivity contribution is 9.10. The van der Waals surface area contributed by atoms with E-state index < -0.39 is 11.8 Å². The molecule has 1 fully saturated rings. The number of hydrazine groups is 1. The van der Waals surface area contributed by atoms with Gasteiger partial charge in [0.05, 0.1) is 17.7 Å². The molecule has 8 nitrogen and oxygen atoms in total. The number of carbonyl (C=O) groups excluding carboxylic acids is 1. The molecule has 0 radical (unpaired) electrons. The molecule has 2 aliphatic rings. The minimum Gasteiger partial charge on any atom is -0.483 e. The zero-order valence-corrected chi connectivity index (χ0v) is 18.0. The Labute approximate surface area is 176 Å². The van der Waals surface area contributed by atoms with Crippen molar-refractivity contribution in [2.45, 2.75) is 18.4 Å². The molecule has 154 valence electrons. The van der Waals surface area contributed by atoms with Crippen LogP contribution in [0, 0.1) is 0 Å². The van der Waals surface area contributed by atoms with Crippen LogP contribution in [0.15, 0.2) is 45.8 Å². The summed E-state index contributed by atoms with van der Waals surface area (Å²) in [6.45, 7) is 0.874. The first kappa shape index (κ1) is 20.1. The van der Waals surface area contributed by atoms with E-state index in [9.17, 15) is 9.59 Å². The molecule has 1 atom stereocenters. The van der Waals surface area contributed by atoms with Crippen LogP contribution in [0.1, 0.15) is 16.1 Å². The Hall–Kier alpha value is -2.20. The summed E-state index contributed by atoms with van der Waals surface area (Å²) in [5.41, 5.74) is 0.0725. The first-order valence-electron chi connectivity index (χ1n) is 9.14. The Bertz CT molecular complexity index is 988. The molecular weight excluding hydrogens is 442 g/mol. The quantitative estimate of drug-likeness (QED) is 0.673. The number of ether oxygens (including phenoxy) is 3. The van der Waals surface area contributed by atoms with E-state index in [1.165, 1.54) is 5.01 Å². The van der Waals surface area contributed by atoms with Crippen LogP contribution in [0.3, 0.4) is 0 Å². The second-order valence-electron chi connectivity index (χ2n) is 7.31. The van der Waals surface area contributed by atoms with Gasteiger partial charge in [0.2, 0.25) is 5.43 Å². The van der Waals surface area contributed by atoms with Gasteiger partial charge < -0.3 is 18.8 Å². The van der Waals surface area contributed by atoms with E-state index in [2.05, 4.69) is 15.9 Å². The molecule has 1 spiro atoms. The number of hydrogen-bond acceptors (Lipinski definition) is 6. The van der Waals surface area contributed by atoms with Gasteiger partial charge in [-0.1, -0.05) is 30.3 Å². The largest absolute Gasteiger partial charge is 0.483 e. The van der Waals surface area contributed by atoms with Crippen molar-refractivity contribution in [1.29, 1.82) is 0 Å². The molecule has 1 aromatic heterocycles. The highest BCUT2D eigenvalue weighted by atomic mass is 79.9. The minimum absolute atomic E-state index is 0.0147. The lowest BCUT2D eigenvalue weighted by molar-refractivity contribution is -0.241. The van der Waals surface area contributed by atoms with Crippen molar-refractivity contribution in [1.82, 2.24) is 14.6 Å². The number of aromatic nitrogens is 1. The van der Waals surface area contributed by atoms with Crippen LogP contribution >= 0.6 is 15.9 Å². The highest BCUT2D eigenvalue weighted by Crippen LogP contribution is 2.41. The van der Waals surface area contributed by atoms with Gasteiger partial charge >= 0.3 is 0 Å². The van der Waals surface area contributed by atoms with Crippen molar-refractivity contribution >= 4 is 21.8 Å². The molecule has 4 rings (SSSR count). The summed E-state index contributed by atoms with van der Waals surface area (Å²) < 4.78 is 19.2. The van der Waals surface area contributed by atoms with Crippen LogP contribution in [0.2, 0.25) is 0 Å². The van der Waals surface area contributed by atoms with Crippen molar-refractivity contribution in [3.8, 4) is 5.75 Å². The zero-order chi connectivity index (χ0) is 20.8. The van der Waals surface area contributed by atoms with Gasteiger partial charge in [-0.25, -0.2) is 10.0 Å². The maximum absolute atomic E-state index is 13.5. The molecule has 29 heavy (non-hydrogen) atoms. The minimum atomic E-state index is -0.649. The predicted octanol–water partition coefficient (Wildman–Crippen LogP) is 1.82. The lowest BCUT2D eigenvalue weighted by Crippen LogP contribution is -2.72. The number of halogens is 1. The Morgan fingerprint density at radius 3 is 2.48 bits per heavy atom. The normalized spacial score (nSPS) is 20.0. The summed E-state index contributed by atoms with van der Waals surface area (Å²) in [5.74, 6) is -0.354. The number of methoxy groups -OCH3 is 1. The number of amides is 1. The molecule has 3 heterocycles. The van der Waals surface area contributed by atoms with Gasteiger partial charge in [-0.2, -0.15) is 0 Å². The van der Waals surface area contributed by atoms with Gasteiger partial charge in [0.1, 0.15) is 12.1 Å². The van der Waals surface area contributed by atoms with Crippen molar-refractivity contribution in [3.63, 3.8) is 0 Å². The third-order valence-electron chi connectivity index (χ3n) is 5.28. The average Bonchev–Trinajstić information content (AvgIpc) is 2.67. The van der Waals surface area contributed by atoms with Crippen LogP contribution in [0.5, 0.6) is 5.75 Å². The van der Waals surface area contributed by atoms with E-state index in [0.29, 0.717) is 17.7 Å². The third-order valence-corrected chi connectivity index (χ3v) is 5.84. The Morgan fingerprint density at radius 2 is 1.93 bits per heavy atom. The number of hydrogen-bond donors (Lipinski definition) is 0. The fraction of sp³-hybridized carbons (Fsp3) is 0.400. The molecule has 0 N–H and O–H groups in total. The molecule has 2 aliphatic heterocycles. The van der Waals surface area contributed by atoms with Gasteiger partial charge in [0.25, 0.3) is 5.91 Å². The number of fused-ring (bicyclic) bond motifs is 2. The number of rotatable bonds is 5. The van der Waals surface area contributed by atoms with Gasteiger partial charge in [0.15, 0.2) is 17.7 Å². The van der Waals surface area contributed by atoms with Crippen molar-refractivity contribution in [3.05, 3.63) is 62.5 Å². The maximum Gasteiger partial charge on any atom is 0.291 e. The number of benzene rings is 1. The Balaban J connectivity index is 1.87. The molecule has 9 heteroatoms. The SMILES string of the molecule is COC1N(N(C)C)C(=O)c2c(OCc3ccccc3)c(=O)c(Br)cn2C12COC2. The third kappa shape index (κ3) is 3.09. The van der Waals surface area contributed by atoms with E-state index in [1.54, 1.807) is 37.0 Å². The van der Waals surface area contributed by atoms with Crippen LogP contribution in [0.4, 0.5) is 0 Å². The van der Waals surface area contributed by atoms with Gasteiger partial charge in [-0.15, -0.1) is 0 Å². The molecular formula is C20H22BrN3O5. The average molecular weight is 464 g/mol. The molecule has 0 aliphatic carbocycles. The number of carbonyl (C=O) groups is 1. The van der Waals surface area contributed by atoms with Gasteiger partial charge in [0, 0.05) is 27.4 Å². The molecule has 1 saturated heterocycles. The molecule has 0 bridgehead atoms. The van der Waals surface area contributed by atoms with Crippen molar-refractivity contribution < 1.29 is 19.0 Å². The summed E-state index contributed by atoms with van der Waals surface area (Å²) >= 11 is 3.33. The summed E-state index contributed by atoms with van der Waals surface area (Å²) in [6, 6.07) is 9.50. The smallest absolute Gasteiger partial charge is 0.291 e. The van der Waals surface area contributed by atoms with Crippen LogP contribution < -0.4 is 10.2 Å². The monoisotopic (exact) mass is 463 g/mol. The van der Waals surface area contributed by atoms with E-state index >= 15 is 0 Å². The highest BCUT2D eigenvalue weighted by Gasteiger charge is 2.58. The fourth-order valence-corrected chi connectivity index (χ4v) is 4.23. The van der Waals surface area contributed by atoms with Crippen molar-refractivity contribution in [2.75, 3.05) is 34.4 Å². The maximum atomic E-state index is 13.5. The molecule has 0 saturated carbocycles. The van der Waals surface area contributed by atoms with Crippen LogP contribution in [-0.4, -0.2) is 61.1 Å². The lowest BCUT2D eigenvalue weighted by atomic mass is 9.90. The topological polar surface area (TPSA) is 73.2 Å². The molecule has 2 aromatic rings. The van der Waals surface area contributed by atoms with E-state index in [-0.39, 0.29) is 29.4 Å². The van der Waals surface area contributed by atoms with Crippen LogP contribution in [0.25, 0.3) is 0 Å². The lowest BCUT2D eigenvalue weighted by Gasteiger charge is -2.55.